The van der Waals surface area contributed by atoms with Gasteiger partial charge < -0.3 is 10.1 Å². The molecule has 4 heteroatoms. The SMILES string of the molecule is CC(C)Oc1ccc(CNC(=O)CN(C)Cc2ccccc2)cc1. The van der Waals surface area contributed by atoms with Gasteiger partial charge >= 0.3 is 0 Å². The number of carbonyl (C=O) groups excluding carboxylic acids is 1. The molecule has 0 atom stereocenters. The normalized spacial score (nSPS) is 10.9. The smallest absolute Gasteiger partial charge is 0.234 e. The van der Waals surface area contributed by atoms with E-state index in [1.165, 1.54) is 5.56 Å². The maximum absolute atomic E-state index is 12.1. The number of hydrogen-bond donors (Lipinski definition) is 1. The number of ether oxygens (including phenoxy) is 1. The zero-order valence-corrected chi connectivity index (χ0v) is 14.7. The van der Waals surface area contributed by atoms with Crippen LogP contribution in [0.2, 0.25) is 0 Å². The lowest BCUT2D eigenvalue weighted by atomic mass is 10.2. The lowest BCUT2D eigenvalue weighted by molar-refractivity contribution is -0.122. The van der Waals surface area contributed by atoms with E-state index in [0.29, 0.717) is 13.1 Å². The molecule has 0 unspecified atom stereocenters. The number of amides is 1. The van der Waals surface area contributed by atoms with E-state index >= 15 is 0 Å². The number of carbonyl (C=O) groups is 1. The van der Waals surface area contributed by atoms with Gasteiger partial charge in [0.25, 0.3) is 0 Å². The second-order valence-corrected chi connectivity index (χ2v) is 6.25. The molecule has 1 amide bonds. The molecule has 2 aromatic carbocycles. The summed E-state index contributed by atoms with van der Waals surface area (Å²) in [5.74, 6) is 0.874. The van der Waals surface area contributed by atoms with Crippen LogP contribution in [0.15, 0.2) is 54.6 Å². The third-order valence-electron chi connectivity index (χ3n) is 3.49. The van der Waals surface area contributed by atoms with Crippen molar-refractivity contribution in [3.05, 3.63) is 65.7 Å². The van der Waals surface area contributed by atoms with Crippen molar-refractivity contribution < 1.29 is 9.53 Å². The summed E-state index contributed by atoms with van der Waals surface area (Å²) in [5, 5.41) is 2.95. The van der Waals surface area contributed by atoms with Crippen molar-refractivity contribution in [2.75, 3.05) is 13.6 Å². The van der Waals surface area contributed by atoms with Gasteiger partial charge in [0.2, 0.25) is 5.91 Å². The van der Waals surface area contributed by atoms with E-state index in [2.05, 4.69) is 17.4 Å². The fourth-order valence-corrected chi connectivity index (χ4v) is 2.41. The van der Waals surface area contributed by atoms with Crippen molar-refractivity contribution in [2.45, 2.75) is 33.0 Å². The van der Waals surface area contributed by atoms with Gasteiger partial charge in [-0.05, 0) is 44.2 Å². The van der Waals surface area contributed by atoms with Crippen LogP contribution >= 0.6 is 0 Å². The highest BCUT2D eigenvalue weighted by molar-refractivity contribution is 5.77. The van der Waals surface area contributed by atoms with Gasteiger partial charge in [-0.15, -0.1) is 0 Å². The fraction of sp³-hybridized carbons (Fsp3) is 0.350. The van der Waals surface area contributed by atoms with E-state index in [9.17, 15) is 4.79 Å². The third kappa shape index (κ3) is 6.42. The summed E-state index contributed by atoms with van der Waals surface area (Å²) in [6.45, 7) is 5.67. The van der Waals surface area contributed by atoms with E-state index in [1.54, 1.807) is 0 Å². The molecule has 0 aliphatic carbocycles. The topological polar surface area (TPSA) is 41.6 Å². The Labute approximate surface area is 144 Å². The Morgan fingerprint density at radius 1 is 1.04 bits per heavy atom. The van der Waals surface area contributed by atoms with E-state index in [1.807, 2.05) is 68.3 Å². The molecule has 0 saturated heterocycles. The van der Waals surface area contributed by atoms with E-state index in [0.717, 1.165) is 17.9 Å². The summed E-state index contributed by atoms with van der Waals surface area (Å²) in [6, 6.07) is 18.0. The van der Waals surface area contributed by atoms with Crippen molar-refractivity contribution in [1.29, 1.82) is 0 Å². The molecule has 0 heterocycles. The van der Waals surface area contributed by atoms with Crippen LogP contribution in [0.25, 0.3) is 0 Å². The third-order valence-corrected chi connectivity index (χ3v) is 3.49. The number of nitrogens with zero attached hydrogens (tertiary/aromatic N) is 1. The Morgan fingerprint density at radius 2 is 1.71 bits per heavy atom. The molecule has 0 bridgehead atoms. The van der Waals surface area contributed by atoms with E-state index < -0.39 is 0 Å². The standard InChI is InChI=1S/C20H26N2O2/c1-16(2)24-19-11-9-17(10-12-19)13-21-20(23)15-22(3)14-18-7-5-4-6-8-18/h4-12,16H,13-15H2,1-3H3,(H,21,23). The first-order chi connectivity index (χ1) is 11.5. The molecule has 0 spiro atoms. The molecule has 0 radical (unpaired) electrons. The zero-order valence-electron chi connectivity index (χ0n) is 14.7. The molecular weight excluding hydrogens is 300 g/mol. The molecule has 2 aromatic rings. The summed E-state index contributed by atoms with van der Waals surface area (Å²) in [5.41, 5.74) is 2.26. The molecule has 128 valence electrons. The van der Waals surface area contributed by atoms with Crippen LogP contribution in [0.5, 0.6) is 5.75 Å². The number of likely N-dealkylation sites (N-methyl/N-ethyl adjacent to an activating group) is 1. The first kappa shape index (κ1) is 18.0. The summed E-state index contributed by atoms with van der Waals surface area (Å²) in [7, 11) is 1.95. The minimum Gasteiger partial charge on any atom is -0.491 e. The number of benzene rings is 2. The van der Waals surface area contributed by atoms with Gasteiger partial charge in [0.15, 0.2) is 0 Å². The van der Waals surface area contributed by atoms with Crippen LogP contribution < -0.4 is 10.1 Å². The maximum Gasteiger partial charge on any atom is 0.234 e. The molecule has 0 fully saturated rings. The zero-order chi connectivity index (χ0) is 17.4. The van der Waals surface area contributed by atoms with Crippen molar-refractivity contribution in [3.8, 4) is 5.75 Å². The number of nitrogens with one attached hydrogen (secondary N) is 1. The average Bonchev–Trinajstić information content (AvgIpc) is 2.54. The summed E-state index contributed by atoms with van der Waals surface area (Å²) in [6.07, 6.45) is 0.163. The first-order valence-corrected chi connectivity index (χ1v) is 8.27. The monoisotopic (exact) mass is 326 g/mol. The number of hydrogen-bond acceptors (Lipinski definition) is 3. The Hall–Kier alpha value is -2.33. The molecule has 0 aliphatic heterocycles. The number of rotatable bonds is 8. The Kier molecular flexibility index (Phi) is 6.82. The van der Waals surface area contributed by atoms with Gasteiger partial charge in [0, 0.05) is 13.1 Å². The quantitative estimate of drug-likeness (QED) is 0.810. The fourth-order valence-electron chi connectivity index (χ4n) is 2.41. The van der Waals surface area contributed by atoms with Gasteiger partial charge in [-0.1, -0.05) is 42.5 Å². The minimum atomic E-state index is 0.0240. The van der Waals surface area contributed by atoms with Gasteiger partial charge in [-0.3, -0.25) is 9.69 Å². The molecule has 2 rings (SSSR count). The van der Waals surface area contributed by atoms with Crippen LogP contribution in [0.1, 0.15) is 25.0 Å². The molecule has 1 N–H and O–H groups in total. The Morgan fingerprint density at radius 3 is 2.33 bits per heavy atom. The van der Waals surface area contributed by atoms with Crippen LogP contribution in [0.3, 0.4) is 0 Å². The lowest BCUT2D eigenvalue weighted by Crippen LogP contribution is -2.34. The van der Waals surface area contributed by atoms with Crippen molar-refractivity contribution in [1.82, 2.24) is 10.2 Å². The summed E-state index contributed by atoms with van der Waals surface area (Å²) >= 11 is 0. The predicted octanol–water partition coefficient (Wildman–Crippen LogP) is 3.22. The molecule has 4 nitrogen and oxygen atoms in total. The Bertz CT molecular complexity index is 624. The Balaban J connectivity index is 1.74. The highest BCUT2D eigenvalue weighted by atomic mass is 16.5. The second kappa shape index (κ2) is 9.08. The van der Waals surface area contributed by atoms with E-state index in [4.69, 9.17) is 4.74 Å². The van der Waals surface area contributed by atoms with Crippen LogP contribution in [0, 0.1) is 0 Å². The first-order valence-electron chi connectivity index (χ1n) is 8.27. The molecule has 0 aliphatic rings. The summed E-state index contributed by atoms with van der Waals surface area (Å²) < 4.78 is 5.61. The largest absolute Gasteiger partial charge is 0.491 e. The van der Waals surface area contributed by atoms with Gasteiger partial charge in [-0.25, -0.2) is 0 Å². The highest BCUT2D eigenvalue weighted by Gasteiger charge is 2.07. The summed E-state index contributed by atoms with van der Waals surface area (Å²) in [4.78, 5) is 14.1. The van der Waals surface area contributed by atoms with Crippen LogP contribution in [-0.4, -0.2) is 30.5 Å². The maximum atomic E-state index is 12.1. The molecule has 0 saturated carbocycles. The average molecular weight is 326 g/mol. The molecule has 0 aromatic heterocycles. The van der Waals surface area contributed by atoms with Crippen LogP contribution in [0.4, 0.5) is 0 Å². The predicted molar refractivity (Wildman–Crippen MR) is 96.8 cm³/mol. The van der Waals surface area contributed by atoms with Gasteiger partial charge in [0.1, 0.15) is 5.75 Å². The lowest BCUT2D eigenvalue weighted by Gasteiger charge is -2.16. The van der Waals surface area contributed by atoms with Crippen molar-refractivity contribution in [3.63, 3.8) is 0 Å². The molecule has 24 heavy (non-hydrogen) atoms. The van der Waals surface area contributed by atoms with Gasteiger partial charge in [-0.2, -0.15) is 0 Å². The van der Waals surface area contributed by atoms with E-state index in [-0.39, 0.29) is 12.0 Å². The molecular formula is C20H26N2O2. The van der Waals surface area contributed by atoms with Crippen molar-refractivity contribution >= 4 is 5.91 Å². The van der Waals surface area contributed by atoms with Crippen molar-refractivity contribution in [2.24, 2.45) is 0 Å². The van der Waals surface area contributed by atoms with Crippen LogP contribution in [-0.2, 0) is 17.9 Å². The van der Waals surface area contributed by atoms with Gasteiger partial charge in [0.05, 0.1) is 12.6 Å². The minimum absolute atomic E-state index is 0.0240. The highest BCUT2D eigenvalue weighted by Crippen LogP contribution is 2.13. The second-order valence-electron chi connectivity index (χ2n) is 6.25.